The van der Waals surface area contributed by atoms with Gasteiger partial charge in [0.15, 0.2) is 5.11 Å². The Morgan fingerprint density at radius 3 is 2.45 bits per heavy atom. The Kier molecular flexibility index (Phi) is 8.60. The van der Waals surface area contributed by atoms with E-state index in [-0.39, 0.29) is 22.8 Å². The van der Waals surface area contributed by atoms with Gasteiger partial charge in [-0.2, -0.15) is 0 Å². The van der Waals surface area contributed by atoms with Crippen LogP contribution in [-0.2, 0) is 4.79 Å². The molecule has 0 spiro atoms. The van der Waals surface area contributed by atoms with Crippen molar-refractivity contribution in [1.29, 1.82) is 0 Å². The summed E-state index contributed by atoms with van der Waals surface area (Å²) in [5.74, 6) is -0.0819. The molecular weight excluding hydrogens is 454 g/mol. The molecule has 0 aliphatic carbocycles. The Labute approximate surface area is 184 Å². The number of carbonyl (C=O) groups is 2. The number of hydrogen-bond donors (Lipinski definition) is 3. The Morgan fingerprint density at radius 1 is 1.10 bits per heavy atom. The zero-order valence-electron chi connectivity index (χ0n) is 16.5. The van der Waals surface area contributed by atoms with Crippen LogP contribution in [0.2, 0.25) is 0 Å². The van der Waals surface area contributed by atoms with E-state index < -0.39 is 0 Å². The molecule has 0 bridgehead atoms. The van der Waals surface area contributed by atoms with Crippen LogP contribution in [0.15, 0.2) is 46.9 Å². The van der Waals surface area contributed by atoms with Gasteiger partial charge in [-0.1, -0.05) is 42.8 Å². The Hall–Kier alpha value is -2.45. The predicted octanol–water partition coefficient (Wildman–Crippen LogP) is 4.96. The molecule has 8 heteroatoms. The van der Waals surface area contributed by atoms with E-state index in [4.69, 9.17) is 17.0 Å². The molecule has 154 valence electrons. The zero-order valence-corrected chi connectivity index (χ0v) is 18.9. The zero-order chi connectivity index (χ0) is 21.4. The molecule has 0 saturated carbocycles. The van der Waals surface area contributed by atoms with Gasteiger partial charge in [0.1, 0.15) is 5.75 Å². The summed E-state index contributed by atoms with van der Waals surface area (Å²) in [5.41, 5.74) is 1.67. The maximum Gasteiger partial charge on any atom is 0.261 e. The maximum absolute atomic E-state index is 12.7. The molecule has 3 N–H and O–H groups in total. The van der Waals surface area contributed by atoms with E-state index in [0.29, 0.717) is 29.3 Å². The second-order valence-electron chi connectivity index (χ2n) is 6.62. The van der Waals surface area contributed by atoms with Crippen LogP contribution in [0.25, 0.3) is 0 Å². The monoisotopic (exact) mass is 477 g/mol. The number of ether oxygens (including phenoxy) is 1. The molecule has 0 unspecified atom stereocenters. The largest absolute Gasteiger partial charge is 0.493 e. The third-order valence-corrected chi connectivity index (χ3v) is 4.48. The van der Waals surface area contributed by atoms with Gasteiger partial charge >= 0.3 is 0 Å². The van der Waals surface area contributed by atoms with Crippen molar-refractivity contribution in [2.75, 3.05) is 17.2 Å². The number of thiocarbonyl (C=S) groups is 1. The minimum absolute atomic E-state index is 0.0766. The minimum Gasteiger partial charge on any atom is -0.493 e. The highest BCUT2D eigenvalue weighted by molar-refractivity contribution is 9.10. The number of hydrogen-bond acceptors (Lipinski definition) is 4. The number of halogens is 1. The number of anilines is 2. The fourth-order valence-electron chi connectivity index (χ4n) is 2.31. The first-order valence-corrected chi connectivity index (χ1v) is 10.5. The summed E-state index contributed by atoms with van der Waals surface area (Å²) in [6.45, 7) is 6.15. The van der Waals surface area contributed by atoms with Gasteiger partial charge < -0.3 is 15.4 Å². The fourth-order valence-corrected chi connectivity index (χ4v) is 2.88. The quantitative estimate of drug-likeness (QED) is 0.491. The lowest BCUT2D eigenvalue weighted by molar-refractivity contribution is -0.118. The second kappa shape index (κ2) is 10.9. The van der Waals surface area contributed by atoms with Crippen molar-refractivity contribution in [3.05, 3.63) is 52.5 Å². The highest BCUT2D eigenvalue weighted by Crippen LogP contribution is 2.23. The summed E-state index contributed by atoms with van der Waals surface area (Å²) in [7, 11) is 0. The van der Waals surface area contributed by atoms with Crippen molar-refractivity contribution in [1.82, 2.24) is 5.32 Å². The van der Waals surface area contributed by atoms with E-state index in [1.165, 1.54) is 0 Å². The lowest BCUT2D eigenvalue weighted by Crippen LogP contribution is -2.34. The van der Waals surface area contributed by atoms with Crippen LogP contribution in [0.4, 0.5) is 11.4 Å². The Morgan fingerprint density at radius 2 is 1.79 bits per heavy atom. The average Bonchev–Trinajstić information content (AvgIpc) is 2.67. The third kappa shape index (κ3) is 7.14. The van der Waals surface area contributed by atoms with Crippen molar-refractivity contribution < 1.29 is 14.3 Å². The molecule has 0 fully saturated rings. The smallest absolute Gasteiger partial charge is 0.261 e. The van der Waals surface area contributed by atoms with Gasteiger partial charge in [-0.3, -0.25) is 14.9 Å². The third-order valence-electron chi connectivity index (χ3n) is 3.79. The number of amides is 2. The molecular formula is C21H24BrN3O3S. The van der Waals surface area contributed by atoms with Gasteiger partial charge in [0.2, 0.25) is 5.91 Å². The van der Waals surface area contributed by atoms with Gasteiger partial charge in [-0.15, -0.1) is 0 Å². The average molecular weight is 478 g/mol. The first-order chi connectivity index (χ1) is 13.8. The predicted molar refractivity (Wildman–Crippen MR) is 124 cm³/mol. The minimum atomic E-state index is -0.376. The van der Waals surface area contributed by atoms with Crippen LogP contribution in [0.3, 0.4) is 0 Å². The van der Waals surface area contributed by atoms with Crippen LogP contribution < -0.4 is 20.7 Å². The number of benzene rings is 2. The molecule has 2 aromatic rings. The van der Waals surface area contributed by atoms with Gasteiger partial charge in [-0.25, -0.2) is 0 Å². The molecule has 0 aliphatic heterocycles. The molecule has 2 amide bonds. The first kappa shape index (κ1) is 22.8. The van der Waals surface area contributed by atoms with Crippen molar-refractivity contribution >= 4 is 56.4 Å². The number of nitrogens with one attached hydrogen (secondary N) is 3. The van der Waals surface area contributed by atoms with Crippen molar-refractivity contribution in [3.63, 3.8) is 0 Å². The van der Waals surface area contributed by atoms with E-state index in [1.54, 1.807) is 36.4 Å². The summed E-state index contributed by atoms with van der Waals surface area (Å²) in [5, 5.41) is 8.58. The molecule has 0 aromatic heterocycles. The lowest BCUT2D eigenvalue weighted by atomic mass is 10.2. The molecule has 0 atom stereocenters. The van der Waals surface area contributed by atoms with Crippen molar-refractivity contribution in [2.24, 2.45) is 5.92 Å². The Balaban J connectivity index is 2.05. The van der Waals surface area contributed by atoms with Crippen molar-refractivity contribution in [3.8, 4) is 5.75 Å². The first-order valence-electron chi connectivity index (χ1n) is 9.25. The highest BCUT2D eigenvalue weighted by atomic mass is 79.9. The molecule has 0 aliphatic rings. The van der Waals surface area contributed by atoms with E-state index in [0.717, 1.165) is 10.9 Å². The van der Waals surface area contributed by atoms with Crippen molar-refractivity contribution in [2.45, 2.75) is 27.2 Å². The van der Waals surface area contributed by atoms with E-state index in [1.807, 2.05) is 26.8 Å². The SMILES string of the molecule is CCCOc1ccc(Br)cc1C(=O)NC(=S)Nc1cccc(NC(=O)C(C)C)c1. The fraction of sp³-hybridized carbons (Fsp3) is 0.286. The summed E-state index contributed by atoms with van der Waals surface area (Å²) in [4.78, 5) is 24.5. The molecule has 2 rings (SSSR count). The molecule has 6 nitrogen and oxygen atoms in total. The van der Waals surface area contributed by atoms with E-state index >= 15 is 0 Å². The van der Waals surface area contributed by atoms with Crippen LogP contribution in [0.5, 0.6) is 5.75 Å². The van der Waals surface area contributed by atoms with Gasteiger partial charge in [0.25, 0.3) is 5.91 Å². The summed E-state index contributed by atoms with van der Waals surface area (Å²) in [6.07, 6.45) is 0.834. The number of rotatable bonds is 7. The summed E-state index contributed by atoms with van der Waals surface area (Å²) in [6, 6.07) is 12.3. The second-order valence-corrected chi connectivity index (χ2v) is 7.95. The van der Waals surface area contributed by atoms with Gasteiger partial charge in [-0.05, 0) is 55.0 Å². The molecule has 29 heavy (non-hydrogen) atoms. The standard InChI is InChI=1S/C21H24BrN3O3S/c1-4-10-28-18-9-8-14(22)11-17(18)20(27)25-21(29)24-16-7-5-6-15(12-16)23-19(26)13(2)3/h5-9,11-13H,4,10H2,1-3H3,(H,23,26)(H2,24,25,27,29). The summed E-state index contributed by atoms with van der Waals surface area (Å²) >= 11 is 8.64. The molecule has 0 radical (unpaired) electrons. The summed E-state index contributed by atoms with van der Waals surface area (Å²) < 4.78 is 6.41. The molecule has 0 saturated heterocycles. The topological polar surface area (TPSA) is 79.5 Å². The van der Waals surface area contributed by atoms with E-state index in [2.05, 4.69) is 31.9 Å². The van der Waals surface area contributed by atoms with Crippen LogP contribution in [0, 0.1) is 5.92 Å². The molecule has 2 aromatic carbocycles. The van der Waals surface area contributed by atoms with Gasteiger partial charge in [0, 0.05) is 21.8 Å². The lowest BCUT2D eigenvalue weighted by Gasteiger charge is -2.14. The Bertz CT molecular complexity index is 902. The molecule has 0 heterocycles. The van der Waals surface area contributed by atoms with Crippen LogP contribution in [0.1, 0.15) is 37.6 Å². The van der Waals surface area contributed by atoms with Crippen LogP contribution >= 0.6 is 28.1 Å². The van der Waals surface area contributed by atoms with Gasteiger partial charge in [0.05, 0.1) is 12.2 Å². The maximum atomic E-state index is 12.7. The number of carbonyl (C=O) groups excluding carboxylic acids is 2. The highest BCUT2D eigenvalue weighted by Gasteiger charge is 2.15. The normalized spacial score (nSPS) is 10.4. The van der Waals surface area contributed by atoms with Crippen LogP contribution in [-0.4, -0.2) is 23.5 Å². The van der Waals surface area contributed by atoms with E-state index in [9.17, 15) is 9.59 Å².